The van der Waals surface area contributed by atoms with Crippen LogP contribution in [0.15, 0.2) is 78.9 Å². The number of amides is 4. The lowest BCUT2D eigenvalue weighted by molar-refractivity contribution is -0.116. The fourth-order valence-electron chi connectivity index (χ4n) is 3.94. The monoisotopic (exact) mass is 455 g/mol. The van der Waals surface area contributed by atoms with E-state index >= 15 is 0 Å². The smallest absolute Gasteiger partial charge is 0.261 e. The van der Waals surface area contributed by atoms with Crippen molar-refractivity contribution in [1.29, 1.82) is 0 Å². The largest absolute Gasteiger partial charge is 0.345 e. The zero-order chi connectivity index (χ0) is 24.1. The molecule has 1 aliphatic rings. The van der Waals surface area contributed by atoms with Crippen LogP contribution in [0.2, 0.25) is 0 Å². The van der Waals surface area contributed by atoms with E-state index in [0.717, 1.165) is 5.56 Å². The maximum Gasteiger partial charge on any atom is 0.261 e. The van der Waals surface area contributed by atoms with E-state index in [4.69, 9.17) is 0 Å². The standard InChI is InChI=1S/C27H25N3O4/c1-18(19-10-3-2-4-11-19)28-25(32)22-14-7-8-15-23(22)29-24(31)16-9-17-30-26(33)20-12-5-6-13-21(20)27(30)34/h2-8,10-15,18H,9,16-17H2,1H3,(H,28,32)(H,29,31)/t18-/m1/s1. The van der Waals surface area contributed by atoms with Crippen LogP contribution >= 0.6 is 0 Å². The molecule has 0 fully saturated rings. The number of rotatable bonds is 8. The van der Waals surface area contributed by atoms with Gasteiger partial charge in [-0.25, -0.2) is 0 Å². The first-order chi connectivity index (χ1) is 16.5. The number of carbonyl (C=O) groups is 4. The van der Waals surface area contributed by atoms with Crippen LogP contribution in [-0.4, -0.2) is 35.1 Å². The van der Waals surface area contributed by atoms with Gasteiger partial charge in [-0.2, -0.15) is 0 Å². The van der Waals surface area contributed by atoms with E-state index in [1.165, 1.54) is 4.90 Å². The molecule has 34 heavy (non-hydrogen) atoms. The van der Waals surface area contributed by atoms with Gasteiger partial charge < -0.3 is 10.6 Å². The minimum absolute atomic E-state index is 0.101. The minimum atomic E-state index is -0.337. The first-order valence-corrected chi connectivity index (χ1v) is 11.2. The van der Waals surface area contributed by atoms with E-state index in [0.29, 0.717) is 28.8 Å². The van der Waals surface area contributed by atoms with Gasteiger partial charge in [-0.3, -0.25) is 24.1 Å². The zero-order valence-corrected chi connectivity index (χ0v) is 18.8. The maximum atomic E-state index is 12.9. The number of anilines is 1. The second-order valence-corrected chi connectivity index (χ2v) is 8.11. The highest BCUT2D eigenvalue weighted by atomic mass is 16.2. The second-order valence-electron chi connectivity index (χ2n) is 8.11. The molecule has 1 heterocycles. The number of para-hydroxylation sites is 1. The Morgan fingerprint density at radius 2 is 1.41 bits per heavy atom. The highest BCUT2D eigenvalue weighted by molar-refractivity contribution is 6.21. The van der Waals surface area contributed by atoms with Crippen LogP contribution in [0.1, 0.15) is 62.4 Å². The van der Waals surface area contributed by atoms with Gasteiger partial charge in [-0.15, -0.1) is 0 Å². The van der Waals surface area contributed by atoms with Crippen molar-refractivity contribution in [1.82, 2.24) is 10.2 Å². The second kappa shape index (κ2) is 10.1. The van der Waals surface area contributed by atoms with E-state index in [1.54, 1.807) is 48.5 Å². The van der Waals surface area contributed by atoms with Crippen LogP contribution in [0.4, 0.5) is 5.69 Å². The third kappa shape index (κ3) is 4.88. The van der Waals surface area contributed by atoms with Gasteiger partial charge in [0.05, 0.1) is 28.4 Å². The van der Waals surface area contributed by atoms with Crippen LogP contribution in [-0.2, 0) is 4.79 Å². The molecule has 0 aliphatic carbocycles. The quantitative estimate of drug-likeness (QED) is 0.498. The summed E-state index contributed by atoms with van der Waals surface area (Å²) in [5, 5.41) is 5.73. The number of fused-ring (bicyclic) bond motifs is 1. The molecule has 3 aromatic rings. The van der Waals surface area contributed by atoms with Gasteiger partial charge in [0.25, 0.3) is 17.7 Å². The summed E-state index contributed by atoms with van der Waals surface area (Å²) in [6.45, 7) is 2.05. The summed E-state index contributed by atoms with van der Waals surface area (Å²) in [7, 11) is 0. The summed E-state index contributed by atoms with van der Waals surface area (Å²) in [5.74, 6) is -1.27. The molecule has 1 atom stereocenters. The van der Waals surface area contributed by atoms with Crippen molar-refractivity contribution in [2.24, 2.45) is 0 Å². The van der Waals surface area contributed by atoms with Crippen molar-refractivity contribution < 1.29 is 19.2 Å². The first kappa shape index (κ1) is 22.9. The summed E-state index contributed by atoms with van der Waals surface area (Å²) in [6.07, 6.45) is 0.417. The molecular formula is C27H25N3O4. The molecular weight excluding hydrogens is 430 g/mol. The molecule has 7 heteroatoms. The Labute approximate surface area is 197 Å². The number of hydrogen-bond donors (Lipinski definition) is 2. The highest BCUT2D eigenvalue weighted by Crippen LogP contribution is 2.23. The molecule has 0 aromatic heterocycles. The Kier molecular flexibility index (Phi) is 6.82. The third-order valence-corrected chi connectivity index (χ3v) is 5.76. The number of benzene rings is 3. The Hall–Kier alpha value is -4.26. The van der Waals surface area contributed by atoms with Crippen LogP contribution in [0.25, 0.3) is 0 Å². The topological polar surface area (TPSA) is 95.6 Å². The van der Waals surface area contributed by atoms with Crippen LogP contribution in [0, 0.1) is 0 Å². The fourth-order valence-corrected chi connectivity index (χ4v) is 3.94. The van der Waals surface area contributed by atoms with E-state index in [1.807, 2.05) is 37.3 Å². The molecule has 0 saturated carbocycles. The fraction of sp³-hybridized carbons (Fsp3) is 0.185. The Bertz CT molecular complexity index is 1200. The molecule has 4 rings (SSSR count). The van der Waals surface area contributed by atoms with Gasteiger partial charge in [0.15, 0.2) is 0 Å². The molecule has 0 bridgehead atoms. The van der Waals surface area contributed by atoms with Crippen molar-refractivity contribution in [2.45, 2.75) is 25.8 Å². The Balaban J connectivity index is 1.33. The SMILES string of the molecule is C[C@@H](NC(=O)c1ccccc1NC(=O)CCCN1C(=O)c2ccccc2C1=O)c1ccccc1. The normalized spacial score (nSPS) is 13.4. The lowest BCUT2D eigenvalue weighted by Crippen LogP contribution is -2.31. The lowest BCUT2D eigenvalue weighted by Gasteiger charge is -2.17. The van der Waals surface area contributed by atoms with Crippen molar-refractivity contribution in [3.05, 3.63) is 101 Å². The maximum absolute atomic E-state index is 12.9. The number of hydrogen-bond acceptors (Lipinski definition) is 4. The Morgan fingerprint density at radius 1 is 0.824 bits per heavy atom. The average molecular weight is 456 g/mol. The summed E-state index contributed by atoms with van der Waals surface area (Å²) < 4.78 is 0. The van der Waals surface area contributed by atoms with E-state index in [9.17, 15) is 19.2 Å². The van der Waals surface area contributed by atoms with Crippen molar-refractivity contribution in [2.75, 3.05) is 11.9 Å². The van der Waals surface area contributed by atoms with E-state index in [-0.39, 0.29) is 42.6 Å². The number of nitrogens with zero attached hydrogens (tertiary/aromatic N) is 1. The third-order valence-electron chi connectivity index (χ3n) is 5.76. The van der Waals surface area contributed by atoms with Crippen LogP contribution in [0.3, 0.4) is 0 Å². The summed E-state index contributed by atoms with van der Waals surface area (Å²) >= 11 is 0. The predicted molar refractivity (Wildman–Crippen MR) is 128 cm³/mol. The molecule has 0 saturated heterocycles. The highest BCUT2D eigenvalue weighted by Gasteiger charge is 2.34. The van der Waals surface area contributed by atoms with E-state index < -0.39 is 0 Å². The molecule has 172 valence electrons. The van der Waals surface area contributed by atoms with E-state index in [2.05, 4.69) is 10.6 Å². The zero-order valence-electron chi connectivity index (χ0n) is 18.8. The molecule has 2 N–H and O–H groups in total. The molecule has 0 radical (unpaired) electrons. The summed E-state index contributed by atoms with van der Waals surface area (Å²) in [4.78, 5) is 51.5. The van der Waals surface area contributed by atoms with Crippen molar-refractivity contribution in [3.63, 3.8) is 0 Å². The average Bonchev–Trinajstić information content (AvgIpc) is 3.10. The van der Waals surface area contributed by atoms with Crippen LogP contribution in [0.5, 0.6) is 0 Å². The Morgan fingerprint density at radius 3 is 2.09 bits per heavy atom. The number of imide groups is 1. The van der Waals surface area contributed by atoms with Gasteiger partial charge in [-0.05, 0) is 43.2 Å². The summed E-state index contributed by atoms with van der Waals surface area (Å²) in [6, 6.07) is 22.9. The van der Waals surface area contributed by atoms with Crippen molar-refractivity contribution >= 4 is 29.3 Å². The first-order valence-electron chi connectivity index (χ1n) is 11.2. The van der Waals surface area contributed by atoms with Gasteiger partial charge in [-0.1, -0.05) is 54.6 Å². The molecule has 7 nitrogen and oxygen atoms in total. The van der Waals surface area contributed by atoms with Crippen LogP contribution < -0.4 is 10.6 Å². The molecule has 0 unspecified atom stereocenters. The van der Waals surface area contributed by atoms with Gasteiger partial charge in [0.2, 0.25) is 5.91 Å². The van der Waals surface area contributed by atoms with Crippen molar-refractivity contribution in [3.8, 4) is 0 Å². The number of carbonyl (C=O) groups excluding carboxylic acids is 4. The molecule has 0 spiro atoms. The summed E-state index contributed by atoms with van der Waals surface area (Å²) in [5.41, 5.74) is 2.53. The molecule has 4 amide bonds. The van der Waals surface area contributed by atoms with Gasteiger partial charge in [0.1, 0.15) is 0 Å². The molecule has 3 aromatic carbocycles. The van der Waals surface area contributed by atoms with Gasteiger partial charge >= 0.3 is 0 Å². The predicted octanol–water partition coefficient (Wildman–Crippen LogP) is 4.19. The molecule has 1 aliphatic heterocycles. The lowest BCUT2D eigenvalue weighted by atomic mass is 10.1. The minimum Gasteiger partial charge on any atom is -0.345 e. The number of nitrogens with one attached hydrogen (secondary N) is 2. The van der Waals surface area contributed by atoms with Gasteiger partial charge in [0, 0.05) is 13.0 Å².